The molecule has 0 radical (unpaired) electrons. The van der Waals surface area contributed by atoms with E-state index in [0.29, 0.717) is 23.0 Å². The highest BCUT2D eigenvalue weighted by Crippen LogP contribution is 2.38. The maximum absolute atomic E-state index is 10.6. The Kier molecular flexibility index (Phi) is 9.19. The molecule has 42 heavy (non-hydrogen) atoms. The minimum atomic E-state index is -0.661. The smallest absolute Gasteiger partial charge is 0.178 e. The lowest BCUT2D eigenvalue weighted by molar-refractivity contribution is -0.0577. The van der Waals surface area contributed by atoms with Gasteiger partial charge >= 0.3 is 0 Å². The minimum Gasteiger partial charge on any atom is -0.493 e. The Hall–Kier alpha value is -3.81. The number of nitrogens with one attached hydrogen (secondary N) is 1. The summed E-state index contributed by atoms with van der Waals surface area (Å²) in [6.45, 7) is 10.2. The predicted octanol–water partition coefficient (Wildman–Crippen LogP) is 8.04. The Balaban J connectivity index is 1.33. The third kappa shape index (κ3) is 7.15. The van der Waals surface area contributed by atoms with Gasteiger partial charge in [0.15, 0.2) is 17.7 Å². The Morgan fingerprint density at radius 1 is 0.833 bits per heavy atom. The highest BCUT2D eigenvalue weighted by molar-refractivity contribution is 5.88. The predicted molar refractivity (Wildman–Crippen MR) is 169 cm³/mol. The SMILES string of the molecule is COc1cc2c(Oc3ccc(Nc4ccc(C(C)(C)C)cc4)cc3)ccnc2cc1OC(C(C)O)N1CCCCCC1. The second-order valence-corrected chi connectivity index (χ2v) is 12.1. The fourth-order valence-corrected chi connectivity index (χ4v) is 5.38. The van der Waals surface area contributed by atoms with Crippen molar-refractivity contribution < 1.29 is 19.3 Å². The minimum absolute atomic E-state index is 0.125. The molecule has 1 aliphatic heterocycles. The molecule has 2 atom stereocenters. The second-order valence-electron chi connectivity index (χ2n) is 12.1. The van der Waals surface area contributed by atoms with Gasteiger partial charge in [0.05, 0.1) is 12.6 Å². The summed E-state index contributed by atoms with van der Waals surface area (Å²) in [4.78, 5) is 6.81. The Bertz CT molecular complexity index is 1460. The first-order valence-corrected chi connectivity index (χ1v) is 14.9. The molecule has 0 amide bonds. The van der Waals surface area contributed by atoms with Crippen molar-refractivity contribution in [3.63, 3.8) is 0 Å². The van der Waals surface area contributed by atoms with E-state index >= 15 is 0 Å². The van der Waals surface area contributed by atoms with Crippen molar-refractivity contribution in [1.82, 2.24) is 9.88 Å². The topological polar surface area (TPSA) is 76.1 Å². The number of fused-ring (bicyclic) bond motifs is 1. The van der Waals surface area contributed by atoms with Crippen LogP contribution >= 0.6 is 0 Å². The second kappa shape index (κ2) is 13.0. The number of pyridine rings is 1. The highest BCUT2D eigenvalue weighted by atomic mass is 16.5. The quantitative estimate of drug-likeness (QED) is 0.211. The number of rotatable bonds is 9. The van der Waals surface area contributed by atoms with E-state index in [4.69, 9.17) is 14.2 Å². The molecule has 3 aromatic carbocycles. The number of ether oxygens (including phenoxy) is 3. The lowest BCUT2D eigenvalue weighted by Crippen LogP contribution is -2.47. The molecule has 4 aromatic rings. The van der Waals surface area contributed by atoms with Crippen LogP contribution in [0.5, 0.6) is 23.0 Å². The number of aromatic nitrogens is 1. The van der Waals surface area contributed by atoms with Crippen LogP contribution < -0.4 is 19.5 Å². The first-order chi connectivity index (χ1) is 20.2. The van der Waals surface area contributed by atoms with Crippen molar-refractivity contribution in [2.75, 3.05) is 25.5 Å². The maximum atomic E-state index is 10.6. The molecule has 5 rings (SSSR count). The van der Waals surface area contributed by atoms with Crippen LogP contribution in [0.2, 0.25) is 0 Å². The average molecular weight is 570 g/mol. The van der Waals surface area contributed by atoms with Crippen LogP contribution in [0.4, 0.5) is 11.4 Å². The molecule has 0 spiro atoms. The summed E-state index contributed by atoms with van der Waals surface area (Å²) in [5.74, 6) is 2.50. The molecule has 0 saturated carbocycles. The summed E-state index contributed by atoms with van der Waals surface area (Å²) in [6, 6.07) is 22.1. The van der Waals surface area contributed by atoms with Gasteiger partial charge in [0.2, 0.25) is 0 Å². The molecule has 1 aromatic heterocycles. The fourth-order valence-electron chi connectivity index (χ4n) is 5.38. The van der Waals surface area contributed by atoms with Crippen molar-refractivity contribution in [3.8, 4) is 23.0 Å². The van der Waals surface area contributed by atoms with E-state index in [9.17, 15) is 5.11 Å². The van der Waals surface area contributed by atoms with Crippen molar-refractivity contribution >= 4 is 22.3 Å². The van der Waals surface area contributed by atoms with E-state index in [1.54, 1.807) is 20.2 Å². The van der Waals surface area contributed by atoms with E-state index < -0.39 is 12.3 Å². The van der Waals surface area contributed by atoms with Gasteiger partial charge in [-0.2, -0.15) is 0 Å². The number of aliphatic hydroxyl groups excluding tert-OH is 1. The van der Waals surface area contributed by atoms with Crippen LogP contribution in [0.25, 0.3) is 10.9 Å². The molecule has 7 heteroatoms. The number of benzene rings is 3. The van der Waals surface area contributed by atoms with E-state index in [2.05, 4.69) is 60.2 Å². The number of likely N-dealkylation sites (tertiary alicyclic amines) is 1. The van der Waals surface area contributed by atoms with Crippen LogP contribution in [0, 0.1) is 0 Å². The van der Waals surface area contributed by atoms with Crippen molar-refractivity contribution in [3.05, 3.63) is 78.5 Å². The number of methoxy groups -OCH3 is 1. The largest absolute Gasteiger partial charge is 0.493 e. The number of anilines is 2. The van der Waals surface area contributed by atoms with E-state index in [0.717, 1.165) is 48.2 Å². The van der Waals surface area contributed by atoms with Crippen LogP contribution in [-0.4, -0.2) is 47.5 Å². The molecule has 1 fully saturated rings. The molecule has 2 unspecified atom stereocenters. The third-order valence-electron chi connectivity index (χ3n) is 7.77. The summed E-state index contributed by atoms with van der Waals surface area (Å²) in [7, 11) is 1.62. The molecule has 1 saturated heterocycles. The van der Waals surface area contributed by atoms with Gasteiger partial charge in [-0.1, -0.05) is 45.7 Å². The normalized spacial score (nSPS) is 16.0. The van der Waals surface area contributed by atoms with Gasteiger partial charge in [-0.05, 0) is 79.3 Å². The van der Waals surface area contributed by atoms with E-state index in [1.807, 2.05) is 42.5 Å². The summed E-state index contributed by atoms with van der Waals surface area (Å²) in [5.41, 5.74) is 4.17. The molecule has 7 nitrogen and oxygen atoms in total. The first-order valence-electron chi connectivity index (χ1n) is 14.9. The van der Waals surface area contributed by atoms with Crippen molar-refractivity contribution in [2.45, 2.75) is 71.1 Å². The van der Waals surface area contributed by atoms with Crippen LogP contribution in [0.15, 0.2) is 72.9 Å². The lowest BCUT2D eigenvalue weighted by Gasteiger charge is -2.33. The van der Waals surface area contributed by atoms with Crippen LogP contribution in [0.3, 0.4) is 0 Å². The van der Waals surface area contributed by atoms with Gasteiger partial charge in [-0.3, -0.25) is 9.88 Å². The molecular weight excluding hydrogens is 526 g/mol. The van der Waals surface area contributed by atoms with Crippen molar-refractivity contribution in [1.29, 1.82) is 0 Å². The number of hydrogen-bond donors (Lipinski definition) is 2. The maximum Gasteiger partial charge on any atom is 0.178 e. The number of nitrogens with zero attached hydrogens (tertiary/aromatic N) is 2. The molecule has 0 bridgehead atoms. The molecule has 2 N–H and O–H groups in total. The first kappa shape index (κ1) is 29.7. The van der Waals surface area contributed by atoms with Gasteiger partial charge in [0.25, 0.3) is 0 Å². The van der Waals surface area contributed by atoms with Gasteiger partial charge < -0.3 is 24.6 Å². The summed E-state index contributed by atoms with van der Waals surface area (Å²) >= 11 is 0. The number of aliphatic hydroxyl groups is 1. The lowest BCUT2D eigenvalue weighted by atomic mass is 9.87. The standard InChI is InChI=1S/C35H43N3O4/c1-24(39)34(38-20-8-6-7-9-21-38)42-33-23-30-29(22-32(33)40-5)31(18-19-36-30)41-28-16-14-27(15-17-28)37-26-12-10-25(11-13-26)35(2,3)4/h10-19,22-24,34,37,39H,6-9,20-21H2,1-5H3. The number of hydrogen-bond acceptors (Lipinski definition) is 7. The zero-order chi connectivity index (χ0) is 29.7. The van der Waals surface area contributed by atoms with Crippen LogP contribution in [-0.2, 0) is 5.41 Å². The third-order valence-corrected chi connectivity index (χ3v) is 7.77. The zero-order valence-electron chi connectivity index (χ0n) is 25.4. The zero-order valence-corrected chi connectivity index (χ0v) is 25.4. The van der Waals surface area contributed by atoms with E-state index in [1.165, 1.54) is 18.4 Å². The molecule has 222 valence electrons. The van der Waals surface area contributed by atoms with Gasteiger partial charge in [-0.15, -0.1) is 0 Å². The van der Waals surface area contributed by atoms with Gasteiger partial charge in [-0.25, -0.2) is 0 Å². The van der Waals surface area contributed by atoms with E-state index in [-0.39, 0.29) is 5.41 Å². The summed E-state index contributed by atoms with van der Waals surface area (Å²) < 4.78 is 18.4. The van der Waals surface area contributed by atoms with Gasteiger partial charge in [0.1, 0.15) is 17.6 Å². The fraction of sp³-hybridized carbons (Fsp3) is 0.400. The summed E-state index contributed by atoms with van der Waals surface area (Å²) in [5, 5.41) is 14.9. The van der Waals surface area contributed by atoms with Crippen LogP contribution in [0.1, 0.15) is 58.9 Å². The Morgan fingerprint density at radius 2 is 1.48 bits per heavy atom. The monoisotopic (exact) mass is 569 g/mol. The highest BCUT2D eigenvalue weighted by Gasteiger charge is 2.27. The Morgan fingerprint density at radius 3 is 2.07 bits per heavy atom. The van der Waals surface area contributed by atoms with Crippen molar-refractivity contribution in [2.24, 2.45) is 0 Å². The summed E-state index contributed by atoms with van der Waals surface area (Å²) in [6.07, 6.45) is 5.23. The molecule has 1 aliphatic rings. The Labute approximate surface area is 249 Å². The average Bonchev–Trinajstić information content (AvgIpc) is 3.26. The van der Waals surface area contributed by atoms with Gasteiger partial charge in [0, 0.05) is 42.1 Å². The molecular formula is C35H43N3O4. The molecule has 0 aliphatic carbocycles. The molecule has 2 heterocycles.